The number of hydrogen-bond donors (Lipinski definition) is 1. The van der Waals surface area contributed by atoms with Gasteiger partial charge >= 0.3 is 0 Å². The summed E-state index contributed by atoms with van der Waals surface area (Å²) in [6, 6.07) is 8.27. The molecule has 2 rings (SSSR count). The summed E-state index contributed by atoms with van der Waals surface area (Å²) in [7, 11) is 0. The predicted octanol–water partition coefficient (Wildman–Crippen LogP) is 3.26. The van der Waals surface area contributed by atoms with Gasteiger partial charge in [0.25, 0.3) is 0 Å². The molecule has 1 aliphatic rings. The third kappa shape index (κ3) is 2.26. The third-order valence-corrected chi connectivity index (χ3v) is 3.16. The number of rotatable bonds is 4. The highest BCUT2D eigenvalue weighted by molar-refractivity contribution is 6.00. The van der Waals surface area contributed by atoms with Crippen molar-refractivity contribution >= 4 is 5.84 Å². The van der Waals surface area contributed by atoms with Gasteiger partial charge in [-0.3, -0.25) is 5.41 Å². The first-order valence-corrected chi connectivity index (χ1v) is 6.10. The minimum absolute atomic E-state index is 0.708. The number of amidine groups is 1. The summed E-state index contributed by atoms with van der Waals surface area (Å²) in [5.74, 6) is 1.47. The van der Waals surface area contributed by atoms with E-state index >= 15 is 0 Å². The average Bonchev–Trinajstić information content (AvgIpc) is 2.56. The van der Waals surface area contributed by atoms with E-state index in [4.69, 9.17) is 5.41 Å². The summed E-state index contributed by atoms with van der Waals surface area (Å²) >= 11 is 0. The Kier molecular flexibility index (Phi) is 3.28. The lowest BCUT2D eigenvalue weighted by atomic mass is 10.1. The smallest absolute Gasteiger partial charge is 0.128 e. The molecule has 1 heterocycles. The second kappa shape index (κ2) is 4.69. The molecule has 1 aromatic carbocycles. The van der Waals surface area contributed by atoms with Crippen LogP contribution >= 0.6 is 0 Å². The van der Waals surface area contributed by atoms with Gasteiger partial charge in [-0.15, -0.1) is 0 Å². The molecule has 0 aliphatic carbocycles. The molecule has 0 fully saturated rings. The average molecular weight is 216 g/mol. The van der Waals surface area contributed by atoms with E-state index in [1.807, 2.05) is 6.07 Å². The summed E-state index contributed by atoms with van der Waals surface area (Å²) < 4.78 is 0. The van der Waals surface area contributed by atoms with Gasteiger partial charge in [0, 0.05) is 18.7 Å². The number of benzene rings is 1. The third-order valence-electron chi connectivity index (χ3n) is 3.16. The lowest BCUT2D eigenvalue weighted by Crippen LogP contribution is -2.25. The maximum atomic E-state index is 8.10. The van der Waals surface area contributed by atoms with Gasteiger partial charge in [0.1, 0.15) is 5.84 Å². The summed E-state index contributed by atoms with van der Waals surface area (Å²) in [5, 5.41) is 8.10. The topological polar surface area (TPSA) is 27.1 Å². The fraction of sp³-hybridized carbons (Fsp3) is 0.500. The van der Waals surface area contributed by atoms with Crippen molar-refractivity contribution in [2.24, 2.45) is 5.92 Å². The number of hydrogen-bond acceptors (Lipinski definition) is 1. The van der Waals surface area contributed by atoms with E-state index in [-0.39, 0.29) is 0 Å². The second-order valence-corrected chi connectivity index (χ2v) is 4.96. The Balaban J connectivity index is 1.94. The van der Waals surface area contributed by atoms with Crippen molar-refractivity contribution in [1.82, 2.24) is 4.90 Å². The first kappa shape index (κ1) is 11.2. The van der Waals surface area contributed by atoms with Crippen LogP contribution in [0.25, 0.3) is 0 Å². The van der Waals surface area contributed by atoms with E-state index in [2.05, 4.69) is 36.9 Å². The zero-order valence-electron chi connectivity index (χ0n) is 10.2. The lowest BCUT2D eigenvalue weighted by molar-refractivity contribution is 0.394. The molecule has 0 spiro atoms. The Morgan fingerprint density at radius 2 is 2.06 bits per heavy atom. The minimum Gasteiger partial charge on any atom is -0.352 e. The van der Waals surface area contributed by atoms with Crippen molar-refractivity contribution in [2.45, 2.75) is 33.2 Å². The monoisotopic (exact) mass is 216 g/mol. The highest BCUT2D eigenvalue weighted by atomic mass is 15.2. The highest BCUT2D eigenvalue weighted by Gasteiger charge is 2.22. The molecule has 0 saturated heterocycles. The minimum atomic E-state index is 0.708. The summed E-state index contributed by atoms with van der Waals surface area (Å²) in [6.07, 6.45) is 2.44. The van der Waals surface area contributed by atoms with Gasteiger partial charge in [-0.1, -0.05) is 38.1 Å². The van der Waals surface area contributed by atoms with Crippen molar-refractivity contribution in [3.63, 3.8) is 0 Å². The van der Waals surface area contributed by atoms with Crippen molar-refractivity contribution in [3.8, 4) is 0 Å². The van der Waals surface area contributed by atoms with Crippen LogP contribution in [-0.4, -0.2) is 17.3 Å². The second-order valence-electron chi connectivity index (χ2n) is 4.96. The van der Waals surface area contributed by atoms with E-state index in [9.17, 15) is 0 Å². The molecule has 2 heteroatoms. The molecule has 0 radical (unpaired) electrons. The van der Waals surface area contributed by atoms with Gasteiger partial charge in [-0.05, 0) is 24.3 Å². The molecular weight excluding hydrogens is 196 g/mol. The summed E-state index contributed by atoms with van der Waals surface area (Å²) in [6.45, 7) is 6.45. The SMILES string of the molecule is CC(C)CCCN1Cc2ccccc2C1=N. The van der Waals surface area contributed by atoms with Crippen molar-refractivity contribution in [1.29, 1.82) is 5.41 Å². The van der Waals surface area contributed by atoms with E-state index in [1.54, 1.807) is 0 Å². The zero-order chi connectivity index (χ0) is 11.5. The number of nitrogens with one attached hydrogen (secondary N) is 1. The standard InChI is InChI=1S/C14H20N2/c1-11(2)6-5-9-16-10-12-7-3-4-8-13(12)14(16)15/h3-4,7-8,11,15H,5-6,9-10H2,1-2H3. The number of nitrogens with zero attached hydrogens (tertiary/aromatic N) is 1. The fourth-order valence-electron chi connectivity index (χ4n) is 2.23. The van der Waals surface area contributed by atoms with E-state index in [1.165, 1.54) is 18.4 Å². The maximum Gasteiger partial charge on any atom is 0.128 e. The molecule has 1 aliphatic heterocycles. The van der Waals surface area contributed by atoms with Gasteiger partial charge in [-0.25, -0.2) is 0 Å². The predicted molar refractivity (Wildman–Crippen MR) is 67.8 cm³/mol. The fourth-order valence-corrected chi connectivity index (χ4v) is 2.23. The molecule has 2 nitrogen and oxygen atoms in total. The quantitative estimate of drug-likeness (QED) is 0.821. The van der Waals surface area contributed by atoms with Gasteiger partial charge in [0.05, 0.1) is 0 Å². The van der Waals surface area contributed by atoms with Crippen LogP contribution in [-0.2, 0) is 6.54 Å². The lowest BCUT2D eigenvalue weighted by Gasteiger charge is -2.18. The Hall–Kier alpha value is -1.31. The van der Waals surface area contributed by atoms with E-state index in [0.717, 1.165) is 24.6 Å². The van der Waals surface area contributed by atoms with Crippen LogP contribution in [0.3, 0.4) is 0 Å². The van der Waals surface area contributed by atoms with Crippen molar-refractivity contribution in [2.75, 3.05) is 6.54 Å². The first-order valence-electron chi connectivity index (χ1n) is 6.10. The van der Waals surface area contributed by atoms with Crippen LogP contribution in [0.5, 0.6) is 0 Å². The molecule has 86 valence electrons. The van der Waals surface area contributed by atoms with E-state index in [0.29, 0.717) is 5.84 Å². The van der Waals surface area contributed by atoms with E-state index < -0.39 is 0 Å². The van der Waals surface area contributed by atoms with Gasteiger partial charge < -0.3 is 4.90 Å². The molecular formula is C14H20N2. The molecule has 1 N–H and O–H groups in total. The Bertz CT molecular complexity index is 382. The normalized spacial score (nSPS) is 14.7. The molecule has 16 heavy (non-hydrogen) atoms. The zero-order valence-corrected chi connectivity index (χ0v) is 10.2. The van der Waals surface area contributed by atoms with Gasteiger partial charge in [-0.2, -0.15) is 0 Å². The highest BCUT2D eigenvalue weighted by Crippen LogP contribution is 2.22. The molecule has 0 atom stereocenters. The van der Waals surface area contributed by atoms with Crippen LogP contribution in [0.1, 0.15) is 37.8 Å². The van der Waals surface area contributed by atoms with Crippen LogP contribution in [0.4, 0.5) is 0 Å². The Morgan fingerprint density at radius 3 is 2.75 bits per heavy atom. The van der Waals surface area contributed by atoms with Crippen molar-refractivity contribution < 1.29 is 0 Å². The Labute approximate surface area is 97.8 Å². The largest absolute Gasteiger partial charge is 0.352 e. The van der Waals surface area contributed by atoms with Crippen LogP contribution in [0.15, 0.2) is 24.3 Å². The Morgan fingerprint density at radius 1 is 1.31 bits per heavy atom. The van der Waals surface area contributed by atoms with Crippen LogP contribution in [0, 0.1) is 11.3 Å². The van der Waals surface area contributed by atoms with Crippen molar-refractivity contribution in [3.05, 3.63) is 35.4 Å². The van der Waals surface area contributed by atoms with Gasteiger partial charge in [0.2, 0.25) is 0 Å². The molecule has 1 aromatic rings. The summed E-state index contributed by atoms with van der Waals surface area (Å²) in [4.78, 5) is 2.19. The summed E-state index contributed by atoms with van der Waals surface area (Å²) in [5.41, 5.74) is 2.42. The van der Waals surface area contributed by atoms with Crippen LogP contribution < -0.4 is 0 Å². The molecule has 0 saturated carbocycles. The van der Waals surface area contributed by atoms with Crippen LogP contribution in [0.2, 0.25) is 0 Å². The maximum absolute atomic E-state index is 8.10. The molecule has 0 amide bonds. The molecule has 0 bridgehead atoms. The first-order chi connectivity index (χ1) is 7.68. The molecule has 0 aromatic heterocycles. The van der Waals surface area contributed by atoms with Gasteiger partial charge in [0.15, 0.2) is 0 Å². The molecule has 0 unspecified atom stereocenters. The number of fused-ring (bicyclic) bond motifs is 1.